The van der Waals surface area contributed by atoms with Gasteiger partial charge < -0.3 is 5.32 Å². The van der Waals surface area contributed by atoms with Crippen molar-refractivity contribution in [2.75, 3.05) is 5.32 Å². The summed E-state index contributed by atoms with van der Waals surface area (Å²) >= 11 is 0. The van der Waals surface area contributed by atoms with E-state index in [1.165, 1.54) is 12.8 Å². The molecule has 0 aromatic heterocycles. The quantitative estimate of drug-likeness (QED) is 0.734. The van der Waals surface area contributed by atoms with E-state index < -0.39 is 0 Å². The van der Waals surface area contributed by atoms with Crippen molar-refractivity contribution in [3.63, 3.8) is 0 Å². The summed E-state index contributed by atoms with van der Waals surface area (Å²) in [6.45, 7) is 6.72. The highest BCUT2D eigenvalue weighted by atomic mass is 14.9. The van der Waals surface area contributed by atoms with Gasteiger partial charge in [0.15, 0.2) is 0 Å². The van der Waals surface area contributed by atoms with E-state index in [1.807, 2.05) is 18.2 Å². The molecule has 0 saturated carbocycles. The van der Waals surface area contributed by atoms with E-state index in [1.54, 1.807) is 0 Å². The van der Waals surface area contributed by atoms with Crippen LogP contribution in [0.3, 0.4) is 0 Å². The number of benzene rings is 1. The zero-order chi connectivity index (χ0) is 12.0. The van der Waals surface area contributed by atoms with Gasteiger partial charge in [0.2, 0.25) is 0 Å². The van der Waals surface area contributed by atoms with Crippen LogP contribution in [-0.2, 0) is 0 Å². The predicted molar refractivity (Wildman–Crippen MR) is 71.5 cm³/mol. The lowest BCUT2D eigenvalue weighted by Gasteiger charge is -2.16. The lowest BCUT2D eigenvalue weighted by molar-refractivity contribution is 0.528. The lowest BCUT2D eigenvalue weighted by atomic mass is 10.0. The fraction of sp³-hybridized carbons (Fsp3) is 0.467. The molecule has 0 heterocycles. The summed E-state index contributed by atoms with van der Waals surface area (Å²) < 4.78 is 0. The van der Waals surface area contributed by atoms with Crippen molar-refractivity contribution in [2.45, 2.75) is 39.7 Å². The Morgan fingerprint density at radius 3 is 2.62 bits per heavy atom. The molecule has 1 heteroatoms. The maximum atomic E-state index is 5.37. The van der Waals surface area contributed by atoms with E-state index >= 15 is 0 Å². The standard InChI is InChI=1S/C15H21N/c1-5-14-7-6-8-15(11-14)16-13(4)10-9-12(2)3/h1,6-8,11-13,16H,9-10H2,2-4H3. The Bertz CT molecular complexity index is 360. The van der Waals surface area contributed by atoms with Gasteiger partial charge in [-0.05, 0) is 43.9 Å². The molecule has 0 radical (unpaired) electrons. The predicted octanol–water partition coefficient (Wildman–Crippen LogP) is 3.90. The molecule has 1 rings (SSSR count). The molecule has 16 heavy (non-hydrogen) atoms. The summed E-state index contributed by atoms with van der Waals surface area (Å²) in [5.41, 5.74) is 2.05. The van der Waals surface area contributed by atoms with Crippen molar-refractivity contribution in [2.24, 2.45) is 5.92 Å². The average molecular weight is 215 g/mol. The molecule has 86 valence electrons. The van der Waals surface area contributed by atoms with E-state index in [-0.39, 0.29) is 0 Å². The van der Waals surface area contributed by atoms with E-state index in [4.69, 9.17) is 6.42 Å². The van der Waals surface area contributed by atoms with E-state index in [9.17, 15) is 0 Å². The molecule has 1 N–H and O–H groups in total. The third-order valence-electron chi connectivity index (χ3n) is 2.62. The minimum Gasteiger partial charge on any atom is -0.383 e. The van der Waals surface area contributed by atoms with Crippen molar-refractivity contribution in [3.05, 3.63) is 29.8 Å². The van der Waals surface area contributed by atoms with Crippen molar-refractivity contribution in [3.8, 4) is 12.3 Å². The zero-order valence-corrected chi connectivity index (χ0v) is 10.5. The van der Waals surface area contributed by atoms with Crippen LogP contribution in [0.15, 0.2) is 24.3 Å². The maximum absolute atomic E-state index is 5.37. The monoisotopic (exact) mass is 215 g/mol. The molecule has 0 aliphatic rings. The molecular weight excluding hydrogens is 194 g/mol. The number of nitrogens with one attached hydrogen (secondary N) is 1. The lowest BCUT2D eigenvalue weighted by Crippen LogP contribution is -2.15. The van der Waals surface area contributed by atoms with Crippen molar-refractivity contribution >= 4 is 5.69 Å². The van der Waals surface area contributed by atoms with E-state index in [0.717, 1.165) is 17.2 Å². The normalized spacial score (nSPS) is 12.2. The largest absolute Gasteiger partial charge is 0.383 e. The van der Waals surface area contributed by atoms with Crippen LogP contribution in [0.4, 0.5) is 5.69 Å². The van der Waals surface area contributed by atoms with Crippen molar-refractivity contribution < 1.29 is 0 Å². The summed E-state index contributed by atoms with van der Waals surface area (Å²) in [5.74, 6) is 3.42. The Labute approximate surface area is 99.3 Å². The molecule has 1 atom stereocenters. The first-order chi connectivity index (χ1) is 7.61. The molecule has 0 bridgehead atoms. The highest BCUT2D eigenvalue weighted by Gasteiger charge is 2.03. The minimum atomic E-state index is 0.496. The van der Waals surface area contributed by atoms with Gasteiger partial charge in [-0.25, -0.2) is 0 Å². The molecular formula is C15H21N. The fourth-order valence-electron chi connectivity index (χ4n) is 1.64. The molecule has 1 aromatic rings. The molecule has 0 saturated heterocycles. The number of terminal acetylenes is 1. The maximum Gasteiger partial charge on any atom is 0.0354 e. The molecule has 0 aliphatic heterocycles. The van der Waals surface area contributed by atoms with Gasteiger partial charge in [0, 0.05) is 17.3 Å². The van der Waals surface area contributed by atoms with Crippen molar-refractivity contribution in [1.29, 1.82) is 0 Å². The third-order valence-corrected chi connectivity index (χ3v) is 2.62. The van der Waals surface area contributed by atoms with Crippen LogP contribution in [-0.4, -0.2) is 6.04 Å². The number of rotatable bonds is 5. The summed E-state index contributed by atoms with van der Waals surface area (Å²) in [6.07, 6.45) is 7.82. The molecule has 0 amide bonds. The van der Waals surface area contributed by atoms with Crippen LogP contribution in [0, 0.1) is 18.3 Å². The fourth-order valence-corrected chi connectivity index (χ4v) is 1.64. The average Bonchev–Trinajstić information content (AvgIpc) is 2.26. The van der Waals surface area contributed by atoms with Gasteiger partial charge in [0.05, 0.1) is 0 Å². The first-order valence-electron chi connectivity index (χ1n) is 5.95. The van der Waals surface area contributed by atoms with Crippen LogP contribution in [0.2, 0.25) is 0 Å². The molecule has 0 aliphatic carbocycles. The number of anilines is 1. The first-order valence-corrected chi connectivity index (χ1v) is 5.95. The van der Waals surface area contributed by atoms with Gasteiger partial charge in [-0.2, -0.15) is 0 Å². The Hall–Kier alpha value is -1.42. The van der Waals surface area contributed by atoms with Crippen LogP contribution < -0.4 is 5.32 Å². The van der Waals surface area contributed by atoms with E-state index in [0.29, 0.717) is 6.04 Å². The zero-order valence-electron chi connectivity index (χ0n) is 10.5. The van der Waals surface area contributed by atoms with Gasteiger partial charge in [-0.3, -0.25) is 0 Å². The second-order valence-electron chi connectivity index (χ2n) is 4.74. The minimum absolute atomic E-state index is 0.496. The molecule has 1 nitrogen and oxygen atoms in total. The number of hydrogen-bond donors (Lipinski definition) is 1. The summed E-state index contributed by atoms with van der Waals surface area (Å²) in [6, 6.07) is 8.52. The number of hydrogen-bond acceptors (Lipinski definition) is 1. The Balaban J connectivity index is 2.49. The van der Waals surface area contributed by atoms with Gasteiger partial charge in [-0.15, -0.1) is 6.42 Å². The van der Waals surface area contributed by atoms with Crippen LogP contribution in [0.25, 0.3) is 0 Å². The molecule has 1 aromatic carbocycles. The second kappa shape index (κ2) is 6.23. The van der Waals surface area contributed by atoms with Gasteiger partial charge >= 0.3 is 0 Å². The molecule has 0 fully saturated rings. The van der Waals surface area contributed by atoms with Gasteiger partial charge in [0.25, 0.3) is 0 Å². The Morgan fingerprint density at radius 1 is 1.25 bits per heavy atom. The summed E-state index contributed by atoms with van der Waals surface area (Å²) in [7, 11) is 0. The topological polar surface area (TPSA) is 12.0 Å². The smallest absolute Gasteiger partial charge is 0.0354 e. The van der Waals surface area contributed by atoms with Gasteiger partial charge in [0.1, 0.15) is 0 Å². The molecule has 0 spiro atoms. The van der Waals surface area contributed by atoms with Crippen molar-refractivity contribution in [1.82, 2.24) is 0 Å². The summed E-state index contributed by atoms with van der Waals surface area (Å²) in [5, 5.41) is 3.48. The van der Waals surface area contributed by atoms with Gasteiger partial charge in [-0.1, -0.05) is 25.8 Å². The van der Waals surface area contributed by atoms with Crippen LogP contribution in [0.5, 0.6) is 0 Å². The Kier molecular flexibility index (Phi) is 4.92. The van der Waals surface area contributed by atoms with Crippen LogP contribution >= 0.6 is 0 Å². The first kappa shape index (κ1) is 12.6. The molecule has 1 unspecified atom stereocenters. The van der Waals surface area contributed by atoms with Crippen LogP contribution in [0.1, 0.15) is 39.2 Å². The second-order valence-corrected chi connectivity index (χ2v) is 4.74. The third kappa shape index (κ3) is 4.40. The highest BCUT2D eigenvalue weighted by Crippen LogP contribution is 2.14. The SMILES string of the molecule is C#Cc1cccc(NC(C)CCC(C)C)c1. The summed E-state index contributed by atoms with van der Waals surface area (Å²) in [4.78, 5) is 0. The van der Waals surface area contributed by atoms with E-state index in [2.05, 4.69) is 38.1 Å². The highest BCUT2D eigenvalue weighted by molar-refractivity contribution is 5.50. The Morgan fingerprint density at radius 2 is 2.00 bits per heavy atom.